The Balaban J connectivity index is 1.57. The number of benzene rings is 1. The average Bonchev–Trinajstić information content (AvgIpc) is 3.13. The number of fused-ring (bicyclic) bond motifs is 1. The van der Waals surface area contributed by atoms with Crippen LogP contribution in [0.15, 0.2) is 23.1 Å². The summed E-state index contributed by atoms with van der Waals surface area (Å²) in [6.45, 7) is 0.253. The van der Waals surface area contributed by atoms with Gasteiger partial charge < -0.3 is 9.47 Å². The van der Waals surface area contributed by atoms with E-state index in [1.165, 1.54) is 31.0 Å². The number of nitrogens with zero attached hydrogens (tertiary/aromatic N) is 1. The molecule has 2 aliphatic heterocycles. The number of carbonyl (C=O) groups is 1. The van der Waals surface area contributed by atoms with E-state index >= 15 is 0 Å². The van der Waals surface area contributed by atoms with Gasteiger partial charge in [0.2, 0.25) is 6.79 Å². The van der Waals surface area contributed by atoms with Crippen molar-refractivity contribution in [2.24, 2.45) is 0 Å². The third-order valence-electron chi connectivity index (χ3n) is 4.46. The van der Waals surface area contributed by atoms with Gasteiger partial charge in [-0.05, 0) is 36.6 Å². The van der Waals surface area contributed by atoms with Crippen molar-refractivity contribution in [1.82, 2.24) is 4.90 Å². The van der Waals surface area contributed by atoms with Crippen LogP contribution in [-0.2, 0) is 4.79 Å². The van der Waals surface area contributed by atoms with Crippen LogP contribution in [0.2, 0.25) is 0 Å². The zero-order chi connectivity index (χ0) is 15.8. The Morgan fingerprint density at radius 2 is 1.96 bits per heavy atom. The predicted molar refractivity (Wildman–Crippen MR) is 94.5 cm³/mol. The summed E-state index contributed by atoms with van der Waals surface area (Å²) < 4.78 is 11.4. The summed E-state index contributed by atoms with van der Waals surface area (Å²) in [7, 11) is 0. The molecule has 1 aromatic carbocycles. The van der Waals surface area contributed by atoms with Gasteiger partial charge in [-0.1, -0.05) is 49.3 Å². The summed E-state index contributed by atoms with van der Waals surface area (Å²) in [5, 5.41) is 0. The highest BCUT2D eigenvalue weighted by Crippen LogP contribution is 2.38. The van der Waals surface area contributed by atoms with Crippen molar-refractivity contribution in [3.05, 3.63) is 28.7 Å². The third kappa shape index (κ3) is 2.85. The molecule has 1 aliphatic carbocycles. The van der Waals surface area contributed by atoms with Crippen LogP contribution in [0, 0.1) is 0 Å². The smallest absolute Gasteiger partial charge is 0.266 e. The molecule has 1 saturated carbocycles. The second kappa shape index (κ2) is 6.17. The SMILES string of the molecule is O=C1/C(=C/c2ccc3c(c2)OCO3)SC(=S)N1C1CCCCC1. The number of carbonyl (C=O) groups excluding carboxylic acids is 1. The van der Waals surface area contributed by atoms with Crippen molar-refractivity contribution < 1.29 is 14.3 Å². The maximum Gasteiger partial charge on any atom is 0.266 e. The second-order valence-corrected chi connectivity index (χ2v) is 7.63. The van der Waals surface area contributed by atoms with Gasteiger partial charge in [-0.3, -0.25) is 9.69 Å². The molecule has 4 rings (SSSR count). The number of thioether (sulfide) groups is 1. The first-order valence-electron chi connectivity index (χ1n) is 7.89. The van der Waals surface area contributed by atoms with E-state index < -0.39 is 0 Å². The molecule has 0 atom stereocenters. The molecule has 0 unspecified atom stereocenters. The summed E-state index contributed by atoms with van der Waals surface area (Å²) >= 11 is 6.85. The molecule has 120 valence electrons. The number of hydrogen-bond acceptors (Lipinski definition) is 5. The molecule has 1 saturated heterocycles. The van der Waals surface area contributed by atoms with Crippen LogP contribution >= 0.6 is 24.0 Å². The molecule has 2 fully saturated rings. The first kappa shape index (κ1) is 15.0. The van der Waals surface area contributed by atoms with E-state index in [9.17, 15) is 4.79 Å². The highest BCUT2D eigenvalue weighted by Gasteiger charge is 2.37. The standard InChI is InChI=1S/C17H17NO3S2/c19-16-15(9-11-6-7-13-14(8-11)21-10-20-13)23-17(22)18(16)12-4-2-1-3-5-12/h6-9,12H,1-5,10H2/b15-9-. The van der Waals surface area contributed by atoms with Crippen LogP contribution < -0.4 is 9.47 Å². The molecule has 0 aromatic heterocycles. The fourth-order valence-corrected chi connectivity index (χ4v) is 4.69. The van der Waals surface area contributed by atoms with Gasteiger partial charge in [-0.25, -0.2) is 0 Å². The maximum atomic E-state index is 12.7. The lowest BCUT2D eigenvalue weighted by Crippen LogP contribution is -2.39. The topological polar surface area (TPSA) is 38.8 Å². The molecule has 0 spiro atoms. The Hall–Kier alpha value is -1.53. The van der Waals surface area contributed by atoms with Crippen molar-refractivity contribution in [3.63, 3.8) is 0 Å². The van der Waals surface area contributed by atoms with E-state index in [0.29, 0.717) is 9.23 Å². The quantitative estimate of drug-likeness (QED) is 0.598. The van der Waals surface area contributed by atoms with Gasteiger partial charge in [-0.15, -0.1) is 0 Å². The van der Waals surface area contributed by atoms with E-state index in [-0.39, 0.29) is 18.7 Å². The summed E-state index contributed by atoms with van der Waals surface area (Å²) in [6, 6.07) is 5.98. The van der Waals surface area contributed by atoms with Crippen LogP contribution in [-0.4, -0.2) is 28.0 Å². The Kier molecular flexibility index (Phi) is 4.03. The van der Waals surface area contributed by atoms with Crippen molar-refractivity contribution >= 4 is 40.3 Å². The van der Waals surface area contributed by atoms with Gasteiger partial charge in [0.25, 0.3) is 5.91 Å². The van der Waals surface area contributed by atoms with Crippen molar-refractivity contribution in [2.45, 2.75) is 38.1 Å². The molecule has 6 heteroatoms. The number of hydrogen-bond donors (Lipinski definition) is 0. The summed E-state index contributed by atoms with van der Waals surface area (Å²) in [6.07, 6.45) is 7.64. The zero-order valence-corrected chi connectivity index (χ0v) is 14.3. The van der Waals surface area contributed by atoms with E-state index in [4.69, 9.17) is 21.7 Å². The second-order valence-electron chi connectivity index (χ2n) is 5.96. The van der Waals surface area contributed by atoms with Crippen LogP contribution in [0.5, 0.6) is 11.5 Å². The number of thiocarbonyl (C=S) groups is 1. The molecule has 23 heavy (non-hydrogen) atoms. The van der Waals surface area contributed by atoms with Crippen LogP contribution in [0.3, 0.4) is 0 Å². The minimum absolute atomic E-state index is 0.0459. The number of ether oxygens (including phenoxy) is 2. The van der Waals surface area contributed by atoms with Gasteiger partial charge in [0, 0.05) is 6.04 Å². The van der Waals surface area contributed by atoms with Gasteiger partial charge in [-0.2, -0.15) is 0 Å². The largest absolute Gasteiger partial charge is 0.454 e. The number of rotatable bonds is 2. The maximum absolute atomic E-state index is 12.7. The van der Waals surface area contributed by atoms with Crippen molar-refractivity contribution in [2.75, 3.05) is 6.79 Å². The number of amides is 1. The summed E-state index contributed by atoms with van der Waals surface area (Å²) in [5.41, 5.74) is 0.929. The van der Waals surface area contributed by atoms with Gasteiger partial charge in [0.15, 0.2) is 11.5 Å². The average molecular weight is 347 g/mol. The molecule has 0 radical (unpaired) electrons. The monoisotopic (exact) mass is 347 g/mol. The van der Waals surface area contributed by atoms with Gasteiger partial charge >= 0.3 is 0 Å². The Labute approximate surface area is 144 Å². The molecule has 4 nitrogen and oxygen atoms in total. The molecular formula is C17H17NO3S2. The third-order valence-corrected chi connectivity index (χ3v) is 5.79. The molecule has 2 heterocycles. The zero-order valence-electron chi connectivity index (χ0n) is 12.6. The lowest BCUT2D eigenvalue weighted by atomic mass is 9.94. The van der Waals surface area contributed by atoms with Crippen molar-refractivity contribution in [3.8, 4) is 11.5 Å². The Morgan fingerprint density at radius 3 is 2.78 bits per heavy atom. The molecule has 0 bridgehead atoms. The van der Waals surface area contributed by atoms with E-state index in [1.807, 2.05) is 29.2 Å². The van der Waals surface area contributed by atoms with Gasteiger partial charge in [0.05, 0.1) is 4.91 Å². The van der Waals surface area contributed by atoms with E-state index in [1.54, 1.807) is 0 Å². The lowest BCUT2D eigenvalue weighted by molar-refractivity contribution is -0.124. The molecule has 0 N–H and O–H groups in total. The lowest BCUT2D eigenvalue weighted by Gasteiger charge is -2.29. The Bertz CT molecular complexity index is 695. The predicted octanol–water partition coefficient (Wildman–Crippen LogP) is 3.95. The normalized spacial score (nSPS) is 23.1. The van der Waals surface area contributed by atoms with Crippen LogP contribution in [0.25, 0.3) is 6.08 Å². The minimum Gasteiger partial charge on any atom is -0.454 e. The fourth-order valence-electron chi connectivity index (χ4n) is 3.29. The fraction of sp³-hybridized carbons (Fsp3) is 0.412. The molecule has 3 aliphatic rings. The first-order valence-corrected chi connectivity index (χ1v) is 9.11. The molecule has 1 amide bonds. The summed E-state index contributed by atoms with van der Waals surface area (Å²) in [5.74, 6) is 1.52. The van der Waals surface area contributed by atoms with Gasteiger partial charge in [0.1, 0.15) is 4.32 Å². The molecular weight excluding hydrogens is 330 g/mol. The van der Waals surface area contributed by atoms with Crippen LogP contribution in [0.1, 0.15) is 37.7 Å². The summed E-state index contributed by atoms with van der Waals surface area (Å²) in [4.78, 5) is 15.3. The van der Waals surface area contributed by atoms with E-state index in [0.717, 1.165) is 29.9 Å². The van der Waals surface area contributed by atoms with E-state index in [2.05, 4.69) is 0 Å². The highest BCUT2D eigenvalue weighted by molar-refractivity contribution is 8.26. The van der Waals surface area contributed by atoms with Crippen molar-refractivity contribution in [1.29, 1.82) is 0 Å². The first-order chi connectivity index (χ1) is 11.2. The van der Waals surface area contributed by atoms with Crippen LogP contribution in [0.4, 0.5) is 0 Å². The minimum atomic E-state index is 0.0459. The molecule has 1 aromatic rings. The Morgan fingerprint density at radius 1 is 1.17 bits per heavy atom. The highest BCUT2D eigenvalue weighted by atomic mass is 32.2.